The number of para-hydroxylation sites is 1. The van der Waals surface area contributed by atoms with Crippen molar-refractivity contribution >= 4 is 60.8 Å². The van der Waals surface area contributed by atoms with Crippen LogP contribution in [-0.2, 0) is 15.6 Å². The summed E-state index contributed by atoms with van der Waals surface area (Å²) in [6.07, 6.45) is 6.23. The zero-order chi connectivity index (χ0) is 39.5. The van der Waals surface area contributed by atoms with Gasteiger partial charge in [0.1, 0.15) is 12.9 Å². The second-order valence-electron chi connectivity index (χ2n) is 18.2. The lowest BCUT2D eigenvalue weighted by Crippen LogP contribution is -2.19. The van der Waals surface area contributed by atoms with Crippen LogP contribution in [0.5, 0.6) is 0 Å². The second-order valence-corrected chi connectivity index (χ2v) is 18.2. The van der Waals surface area contributed by atoms with Gasteiger partial charge < -0.3 is 14.5 Å². The van der Waals surface area contributed by atoms with Crippen LogP contribution < -0.4 is 9.80 Å². The van der Waals surface area contributed by atoms with Gasteiger partial charge in [-0.1, -0.05) is 136 Å². The maximum absolute atomic E-state index is 5.98. The summed E-state index contributed by atoms with van der Waals surface area (Å²) in [5.41, 5.74) is 12.2. The second kappa shape index (κ2) is 14.2. The van der Waals surface area contributed by atoms with E-state index >= 15 is 0 Å². The summed E-state index contributed by atoms with van der Waals surface area (Å²) in [6, 6.07) is 43.6. The van der Waals surface area contributed by atoms with Gasteiger partial charge >= 0.3 is 0 Å². The van der Waals surface area contributed by atoms with Gasteiger partial charge in [-0.25, -0.2) is 0 Å². The van der Waals surface area contributed by atoms with Gasteiger partial charge in [0.05, 0.1) is 17.1 Å². The molecule has 0 unspecified atom stereocenters. The van der Waals surface area contributed by atoms with E-state index in [2.05, 4.69) is 206 Å². The molecule has 3 nitrogen and oxygen atoms in total. The smallest absolute Gasteiger partial charge is 0.107 e. The fourth-order valence-electron chi connectivity index (χ4n) is 8.51. The normalized spacial score (nSPS) is 13.6. The van der Waals surface area contributed by atoms with Gasteiger partial charge in [-0.05, 0) is 127 Å². The van der Waals surface area contributed by atoms with Gasteiger partial charge in [-0.2, -0.15) is 0 Å². The Hall–Kier alpha value is -5.54. The Morgan fingerprint density at radius 2 is 0.929 bits per heavy atom. The van der Waals surface area contributed by atoms with Gasteiger partial charge in [0.2, 0.25) is 0 Å². The number of hydrogen-bond acceptors (Lipinski definition) is 3. The SMILES string of the molecule is CC(C)c1cc(N(C2=COCC=C2)c2ccc(C(C)(C)C)cc2)c2ccc3c(C(C)C)cc(N(c4ccccc4)c4ccc(C(C)(C)C)cc4)c4ccc1c2c34. The number of benzene rings is 7. The Balaban J connectivity index is 1.46. The predicted molar refractivity (Wildman–Crippen MR) is 242 cm³/mol. The summed E-state index contributed by atoms with van der Waals surface area (Å²) in [4.78, 5) is 4.86. The largest absolute Gasteiger partial charge is 0.495 e. The minimum Gasteiger partial charge on any atom is -0.495 e. The third-order valence-corrected chi connectivity index (χ3v) is 11.6. The van der Waals surface area contributed by atoms with Gasteiger partial charge in [0.15, 0.2) is 0 Å². The van der Waals surface area contributed by atoms with E-state index in [1.54, 1.807) is 0 Å². The molecule has 0 bridgehead atoms. The highest BCUT2D eigenvalue weighted by Gasteiger charge is 2.27. The first-order chi connectivity index (χ1) is 26.7. The molecule has 3 heteroatoms. The molecule has 0 aliphatic carbocycles. The van der Waals surface area contributed by atoms with Crippen LogP contribution in [0, 0.1) is 0 Å². The van der Waals surface area contributed by atoms with Crippen LogP contribution in [0.1, 0.15) is 103 Å². The van der Waals surface area contributed by atoms with Crippen LogP contribution in [0.15, 0.2) is 139 Å². The fourth-order valence-corrected chi connectivity index (χ4v) is 8.51. The van der Waals surface area contributed by atoms with Crippen LogP contribution in [0.4, 0.5) is 28.4 Å². The van der Waals surface area contributed by atoms with E-state index in [1.807, 2.05) is 6.26 Å². The average molecular weight is 737 g/mol. The Labute approximate surface area is 334 Å². The van der Waals surface area contributed by atoms with Gasteiger partial charge in [-0.15, -0.1) is 0 Å². The molecule has 284 valence electrons. The van der Waals surface area contributed by atoms with E-state index in [4.69, 9.17) is 4.74 Å². The van der Waals surface area contributed by atoms with E-state index in [9.17, 15) is 0 Å². The summed E-state index contributed by atoms with van der Waals surface area (Å²) < 4.78 is 5.98. The number of allylic oxidation sites excluding steroid dienone is 1. The number of hydrogen-bond donors (Lipinski definition) is 0. The summed E-state index contributed by atoms with van der Waals surface area (Å²) >= 11 is 0. The van der Waals surface area contributed by atoms with E-state index in [1.165, 1.54) is 60.3 Å². The number of anilines is 5. The van der Waals surface area contributed by atoms with Crippen molar-refractivity contribution in [1.29, 1.82) is 0 Å². The molecule has 0 radical (unpaired) electrons. The van der Waals surface area contributed by atoms with E-state index in [-0.39, 0.29) is 10.8 Å². The molecule has 0 saturated heterocycles. The van der Waals surface area contributed by atoms with Crippen LogP contribution >= 0.6 is 0 Å². The minimum absolute atomic E-state index is 0.0579. The van der Waals surface area contributed by atoms with E-state index in [0.717, 1.165) is 28.4 Å². The Bertz CT molecular complexity index is 2580. The van der Waals surface area contributed by atoms with Crippen molar-refractivity contribution < 1.29 is 4.74 Å². The number of nitrogens with zero attached hydrogens (tertiary/aromatic N) is 2. The molecule has 0 aromatic heterocycles. The van der Waals surface area contributed by atoms with Gasteiger partial charge in [-0.3, -0.25) is 0 Å². The van der Waals surface area contributed by atoms with Crippen molar-refractivity contribution in [2.75, 3.05) is 16.4 Å². The summed E-state index contributed by atoms with van der Waals surface area (Å²) in [5, 5.41) is 7.76. The van der Waals surface area contributed by atoms with Gasteiger partial charge in [0.25, 0.3) is 0 Å². The molecule has 0 N–H and O–H groups in total. The Morgan fingerprint density at radius 1 is 0.500 bits per heavy atom. The molecule has 8 rings (SSSR count). The third-order valence-electron chi connectivity index (χ3n) is 11.6. The monoisotopic (exact) mass is 736 g/mol. The lowest BCUT2D eigenvalue weighted by Gasteiger charge is -2.32. The first-order valence-corrected chi connectivity index (χ1v) is 20.4. The minimum atomic E-state index is 0.0579. The van der Waals surface area contributed by atoms with Crippen molar-refractivity contribution in [1.82, 2.24) is 0 Å². The third kappa shape index (κ3) is 6.61. The summed E-state index contributed by atoms with van der Waals surface area (Å²) in [7, 11) is 0. The molecule has 0 atom stereocenters. The number of rotatable bonds is 8. The standard InChI is InChI=1S/C53H56N2O/c1-34(2)46-31-48(54(38-15-12-11-13-16-38)39-22-18-36(19-23-39)52(5,6)7)44-28-26-43-47(35(3)4)32-49(45-29-27-42(46)50(44)51(43)45)55(41-17-14-30-56-33-41)40-24-20-37(21-25-40)53(8,9)10/h11-29,31-35H,30H2,1-10H3. The fraction of sp³-hybridized carbons (Fsp3) is 0.283. The molecule has 7 aromatic rings. The van der Waals surface area contributed by atoms with Crippen molar-refractivity contribution in [3.63, 3.8) is 0 Å². The molecule has 1 heterocycles. The highest BCUT2D eigenvalue weighted by molar-refractivity contribution is 6.29. The first-order valence-electron chi connectivity index (χ1n) is 20.4. The first kappa shape index (κ1) is 37.4. The summed E-state index contributed by atoms with van der Waals surface area (Å²) in [6.45, 7) is 23.5. The quantitative estimate of drug-likeness (QED) is 0.145. The molecule has 0 saturated carbocycles. The van der Waals surface area contributed by atoms with Crippen molar-refractivity contribution in [3.8, 4) is 0 Å². The van der Waals surface area contributed by atoms with Crippen LogP contribution in [0.25, 0.3) is 32.3 Å². The van der Waals surface area contributed by atoms with Crippen molar-refractivity contribution in [2.45, 2.75) is 91.9 Å². The van der Waals surface area contributed by atoms with Crippen LogP contribution in [0.3, 0.4) is 0 Å². The zero-order valence-corrected chi connectivity index (χ0v) is 34.9. The Morgan fingerprint density at radius 3 is 1.36 bits per heavy atom. The molecule has 0 spiro atoms. The number of ether oxygens (including phenoxy) is 1. The van der Waals surface area contributed by atoms with Crippen LogP contribution in [-0.4, -0.2) is 6.61 Å². The lowest BCUT2D eigenvalue weighted by atomic mass is 9.83. The summed E-state index contributed by atoms with van der Waals surface area (Å²) in [5.74, 6) is 0.623. The molecule has 1 aliphatic rings. The van der Waals surface area contributed by atoms with E-state index < -0.39 is 0 Å². The van der Waals surface area contributed by atoms with Crippen LogP contribution in [0.2, 0.25) is 0 Å². The van der Waals surface area contributed by atoms with Crippen molar-refractivity contribution in [3.05, 3.63) is 162 Å². The van der Waals surface area contributed by atoms with Gasteiger partial charge in [0, 0.05) is 27.8 Å². The molecular formula is C53H56N2O. The van der Waals surface area contributed by atoms with E-state index in [0.29, 0.717) is 18.4 Å². The maximum atomic E-state index is 5.98. The topological polar surface area (TPSA) is 15.7 Å². The predicted octanol–water partition coefficient (Wildman–Crippen LogP) is 15.5. The molecule has 7 aromatic carbocycles. The maximum Gasteiger partial charge on any atom is 0.107 e. The average Bonchev–Trinajstić information content (AvgIpc) is 3.18. The lowest BCUT2D eigenvalue weighted by molar-refractivity contribution is 0.282. The Kier molecular flexibility index (Phi) is 9.48. The van der Waals surface area contributed by atoms with Crippen molar-refractivity contribution in [2.24, 2.45) is 0 Å². The molecule has 1 aliphatic heterocycles. The molecule has 56 heavy (non-hydrogen) atoms. The molecular weight excluding hydrogens is 681 g/mol. The highest BCUT2D eigenvalue weighted by Crippen LogP contribution is 2.50. The molecule has 0 fully saturated rings. The highest BCUT2D eigenvalue weighted by atomic mass is 16.5. The zero-order valence-electron chi connectivity index (χ0n) is 34.9. The molecule has 0 amide bonds.